The van der Waals surface area contributed by atoms with E-state index in [1.807, 2.05) is 0 Å². The first-order valence-electron chi connectivity index (χ1n) is 27.9. The van der Waals surface area contributed by atoms with Crippen molar-refractivity contribution in [2.24, 2.45) is 0 Å². The molecule has 464 valence electrons. The molecule has 0 aromatic heterocycles. The Balaban J connectivity index is 0.661. The molecule has 0 aromatic rings. The summed E-state index contributed by atoms with van der Waals surface area (Å²) in [7, 11) is 0. The third-order valence-electron chi connectivity index (χ3n) is 18.0. The molecule has 0 spiro atoms. The van der Waals surface area contributed by atoms with Crippen LogP contribution >= 0.6 is 0 Å². The standard InChI is InChI=1S/C48H68O34/c49-1-9-21-17(57)20(60)42(62-9)78-24-12(4-52)66-46(38-30(24)70-38)81-27-15(7-55)68-48(40-33(27)73-40)82-28-16(8-56)67-47(39-34(28)74-39)80-26-14(6-54)64-44(36-32(26)72-36)76-22-10(2-50)61-41(19(59)18(22)58)77-23-11(3-51)65-45(37-29(23)69-37)79-25-13(5-53)63-43(75-21)35-31(25)71-35/h9-60H,1-8H2/t9-,10-,11-,12-,13-,14-,15-,16-,17-,18-,19-,20-,21-,22-,23-,24-,25-,26-,27-,28-,29+,30+,31+,32+,33+,34+,35-,36-,37-,38-,39-,40-,41-,42-,43-,44-,45-,46-,47-,48-/m1/s1. The zero-order valence-corrected chi connectivity index (χ0v) is 43.1. The molecule has 21 rings (SSSR count). The van der Waals surface area contributed by atoms with Crippen LogP contribution in [0.25, 0.3) is 0 Å². The quantitative estimate of drug-likeness (QED) is 0.100. The van der Waals surface area contributed by atoms with E-state index in [0.717, 1.165) is 0 Å². The molecule has 34 nitrogen and oxygen atoms in total. The minimum Gasteiger partial charge on any atom is -0.394 e. The van der Waals surface area contributed by atoms with E-state index in [4.69, 9.17) is 104 Å². The molecule has 0 radical (unpaired) electrons. The summed E-state index contributed by atoms with van der Waals surface area (Å²) in [5.41, 5.74) is 0. The summed E-state index contributed by atoms with van der Waals surface area (Å²) in [5, 5.41) is 130. The topological polar surface area (TPSA) is 466 Å². The highest BCUT2D eigenvalue weighted by atomic mass is 16.8. The van der Waals surface area contributed by atoms with E-state index < -0.39 is 299 Å². The second kappa shape index (κ2) is 22.3. The normalized spacial score (nSPS) is 60.7. The van der Waals surface area contributed by atoms with Crippen molar-refractivity contribution in [2.75, 3.05) is 52.9 Å². The molecule has 0 aliphatic carbocycles. The van der Waals surface area contributed by atoms with Crippen LogP contribution in [0.3, 0.4) is 0 Å². The average molecular weight is 1190 g/mol. The third kappa shape index (κ3) is 9.92. The molecule has 16 bridgehead atoms. The van der Waals surface area contributed by atoms with Gasteiger partial charge >= 0.3 is 0 Å². The number of aliphatic hydroxyl groups excluding tert-OH is 12. The molecule has 0 saturated carbocycles. The summed E-state index contributed by atoms with van der Waals surface area (Å²) in [5.74, 6) is 0. The lowest BCUT2D eigenvalue weighted by atomic mass is 9.97. The molecule has 82 heavy (non-hydrogen) atoms. The van der Waals surface area contributed by atoms with E-state index >= 15 is 0 Å². The molecule has 0 aromatic carbocycles. The van der Waals surface area contributed by atoms with Gasteiger partial charge in [-0.15, -0.1) is 0 Å². The van der Waals surface area contributed by atoms with Crippen LogP contribution in [0.1, 0.15) is 0 Å². The van der Waals surface area contributed by atoms with Crippen LogP contribution in [0.15, 0.2) is 0 Å². The largest absolute Gasteiger partial charge is 0.394 e. The van der Waals surface area contributed by atoms with Crippen LogP contribution in [0, 0.1) is 0 Å². The fourth-order valence-corrected chi connectivity index (χ4v) is 13.4. The Morgan fingerprint density at radius 3 is 0.500 bits per heavy atom. The van der Waals surface area contributed by atoms with E-state index in [0.29, 0.717) is 0 Å². The lowest BCUT2D eigenvalue weighted by molar-refractivity contribution is -0.359. The van der Waals surface area contributed by atoms with E-state index in [1.165, 1.54) is 0 Å². The fraction of sp³-hybridized carbons (Fsp3) is 1.00. The predicted octanol–water partition coefficient (Wildman–Crippen LogP) is -11.1. The molecule has 21 saturated heterocycles. The maximum atomic E-state index is 11.5. The molecular weight excluding hydrogens is 1120 g/mol. The number of rotatable bonds is 8. The number of hydrogen-bond acceptors (Lipinski definition) is 34. The van der Waals surface area contributed by atoms with Gasteiger partial charge in [-0.3, -0.25) is 0 Å². The highest BCUT2D eigenvalue weighted by Crippen LogP contribution is 2.51. The van der Waals surface area contributed by atoms with Crippen LogP contribution in [0.4, 0.5) is 0 Å². The van der Waals surface area contributed by atoms with Gasteiger partial charge in [0.25, 0.3) is 0 Å². The molecule has 21 aliphatic heterocycles. The van der Waals surface area contributed by atoms with Crippen molar-refractivity contribution >= 4 is 0 Å². The number of epoxide rings is 6. The molecule has 40 atom stereocenters. The predicted molar refractivity (Wildman–Crippen MR) is 241 cm³/mol. The van der Waals surface area contributed by atoms with Crippen molar-refractivity contribution < 1.29 is 165 Å². The van der Waals surface area contributed by atoms with Gasteiger partial charge in [-0.1, -0.05) is 0 Å². The second-order valence-corrected chi connectivity index (χ2v) is 23.0. The van der Waals surface area contributed by atoms with Gasteiger partial charge in [-0.05, 0) is 0 Å². The first-order chi connectivity index (χ1) is 39.9. The molecule has 12 N–H and O–H groups in total. The molecule has 21 aliphatic rings. The molecule has 21 fully saturated rings. The van der Waals surface area contributed by atoms with Crippen molar-refractivity contribution in [3.63, 3.8) is 0 Å². The second-order valence-electron chi connectivity index (χ2n) is 23.0. The first-order valence-corrected chi connectivity index (χ1v) is 27.9. The maximum Gasteiger partial charge on any atom is 0.187 e. The monoisotopic (exact) mass is 1190 g/mol. The first kappa shape index (κ1) is 57.1. The Kier molecular flexibility index (Phi) is 15.5. The van der Waals surface area contributed by atoms with Gasteiger partial charge in [-0.25, -0.2) is 0 Å². The Hall–Kier alpha value is -1.36. The third-order valence-corrected chi connectivity index (χ3v) is 18.0. The minimum absolute atomic E-state index is 0.561. The Bertz CT molecular complexity index is 2240. The average Bonchev–Trinajstić information content (AvgIpc) is 3.27. The van der Waals surface area contributed by atoms with Crippen molar-refractivity contribution in [1.82, 2.24) is 0 Å². The lowest BCUT2D eigenvalue weighted by Crippen LogP contribution is -2.64. The SMILES string of the molecule is OC[C@H]1O[C@@H]2O[C@H]3[C@@H]4O[C@H]4[C@@H](O[C@H]4[C@@H]5O[C@H]5[C@@H](O[C@H]5[C@@H]6O[C@H]6[C@@H](O[C@H]6[C@@H]7O[C@H]7[C@@H](O[C@H]7[C@H](O)[C@@H](O)[C@@H](O[C@H]8[C@@H]9O[C@H]9[C@@H](O[C@H]9[C@@H]%10O[C@H]%10[C@@H](O[C@H]1[C@H](O)[C@H]2O)O[C@@H]9CO)O[C@@H]8CO)O[C@@H]7CO)O[C@@H]6CO)O[C@@H]5CO)O[C@@H]4CO)O[C@@H]3CO. The number of hydrogen-bond donors (Lipinski definition) is 12. The van der Waals surface area contributed by atoms with Crippen LogP contribution in [0.2, 0.25) is 0 Å². The van der Waals surface area contributed by atoms with Crippen LogP contribution in [0.5, 0.6) is 0 Å². The Morgan fingerprint density at radius 2 is 0.305 bits per heavy atom. The Morgan fingerprint density at radius 1 is 0.146 bits per heavy atom. The number of aliphatic hydroxyl groups is 12. The summed E-state index contributed by atoms with van der Waals surface area (Å²) in [6.45, 7) is -5.17. The van der Waals surface area contributed by atoms with Gasteiger partial charge in [0.05, 0.1) is 52.9 Å². The fourth-order valence-electron chi connectivity index (χ4n) is 13.4. The zero-order valence-electron chi connectivity index (χ0n) is 43.1. The van der Waals surface area contributed by atoms with Crippen LogP contribution in [-0.4, -0.2) is 360 Å². The van der Waals surface area contributed by atoms with Gasteiger partial charge in [0.1, 0.15) is 195 Å². The molecule has 21 heterocycles. The summed E-state index contributed by atoms with van der Waals surface area (Å²) in [6.07, 6.45) is -45.3. The van der Waals surface area contributed by atoms with E-state index in [2.05, 4.69) is 0 Å². The van der Waals surface area contributed by atoms with Gasteiger partial charge < -0.3 is 165 Å². The summed E-state index contributed by atoms with van der Waals surface area (Å²) < 4.78 is 134. The van der Waals surface area contributed by atoms with Crippen molar-refractivity contribution in [2.45, 2.75) is 246 Å². The molecule has 34 heteroatoms. The summed E-state index contributed by atoms with van der Waals surface area (Å²) in [6, 6.07) is 0. The molecular formula is C48H68O34. The summed E-state index contributed by atoms with van der Waals surface area (Å²) in [4.78, 5) is 0. The van der Waals surface area contributed by atoms with Crippen molar-refractivity contribution in [3.8, 4) is 0 Å². The highest BCUT2D eigenvalue weighted by Gasteiger charge is 2.70. The molecule has 0 unspecified atom stereocenters. The van der Waals surface area contributed by atoms with Gasteiger partial charge in [0, 0.05) is 0 Å². The van der Waals surface area contributed by atoms with Gasteiger partial charge in [-0.2, -0.15) is 0 Å². The van der Waals surface area contributed by atoms with Crippen LogP contribution in [-0.2, 0) is 104 Å². The lowest BCUT2D eigenvalue weighted by Gasteiger charge is -2.45. The van der Waals surface area contributed by atoms with Gasteiger partial charge in [0.15, 0.2) is 50.3 Å². The van der Waals surface area contributed by atoms with E-state index in [1.54, 1.807) is 0 Å². The maximum absolute atomic E-state index is 11.5. The highest BCUT2D eigenvalue weighted by molar-refractivity contribution is 5.11. The van der Waals surface area contributed by atoms with Crippen molar-refractivity contribution in [3.05, 3.63) is 0 Å². The van der Waals surface area contributed by atoms with Crippen LogP contribution < -0.4 is 0 Å². The minimum atomic E-state index is -1.82. The van der Waals surface area contributed by atoms with Crippen molar-refractivity contribution in [1.29, 1.82) is 0 Å². The van der Waals surface area contributed by atoms with Gasteiger partial charge in [0.2, 0.25) is 0 Å². The Labute approximate surface area is 463 Å². The zero-order chi connectivity index (χ0) is 56.3. The van der Waals surface area contributed by atoms with E-state index in [9.17, 15) is 61.3 Å². The smallest absolute Gasteiger partial charge is 0.187 e. The van der Waals surface area contributed by atoms with E-state index in [-0.39, 0.29) is 0 Å². The molecule has 0 amide bonds. The summed E-state index contributed by atoms with van der Waals surface area (Å²) >= 11 is 0. The number of ether oxygens (including phenoxy) is 22.